The summed E-state index contributed by atoms with van der Waals surface area (Å²) in [6.45, 7) is 0. The average Bonchev–Trinajstić information content (AvgIpc) is 3.34. The van der Waals surface area contributed by atoms with Crippen LogP contribution in [0.1, 0.15) is 5.56 Å². The zero-order valence-corrected chi connectivity index (χ0v) is 15.8. The molecule has 28 heavy (non-hydrogen) atoms. The van der Waals surface area contributed by atoms with Gasteiger partial charge in [-0.25, -0.2) is 9.36 Å². The molecule has 0 saturated carbocycles. The number of nitrogens with zero attached hydrogens (tertiary/aromatic N) is 5. The third-order valence-corrected chi connectivity index (χ3v) is 4.99. The van der Waals surface area contributed by atoms with Crippen LogP contribution in [0.5, 0.6) is 11.5 Å². The normalized spacial score (nSPS) is 12.1. The van der Waals surface area contributed by atoms with Crippen LogP contribution in [0.4, 0.5) is 0 Å². The first-order chi connectivity index (χ1) is 13.7. The standard InChI is InChI=1S/C20H17N5O2S/c1-21-20-25(18(13-28-20)17-8-7-16(26)9-19(17)27)23-11-14-10-22-24(12-14)15-5-3-2-4-6-15/h2-13,26-27H,1H3/b21-20?,23-11-. The fraction of sp³-hybridized carbons (Fsp3) is 0.0500. The molecule has 0 aliphatic rings. The van der Waals surface area contributed by atoms with E-state index in [1.54, 1.807) is 34.9 Å². The molecule has 0 radical (unpaired) electrons. The molecule has 0 aliphatic carbocycles. The molecule has 2 heterocycles. The first kappa shape index (κ1) is 17.7. The van der Waals surface area contributed by atoms with Crippen LogP contribution in [0.3, 0.4) is 0 Å². The van der Waals surface area contributed by atoms with E-state index in [4.69, 9.17) is 0 Å². The molecule has 2 aromatic heterocycles. The number of rotatable bonds is 4. The van der Waals surface area contributed by atoms with Crippen molar-refractivity contribution >= 4 is 17.6 Å². The van der Waals surface area contributed by atoms with E-state index in [0.29, 0.717) is 16.1 Å². The van der Waals surface area contributed by atoms with Crippen LogP contribution in [0.25, 0.3) is 16.9 Å². The Morgan fingerprint density at radius 3 is 2.68 bits per heavy atom. The van der Waals surface area contributed by atoms with E-state index in [-0.39, 0.29) is 11.5 Å². The highest BCUT2D eigenvalue weighted by Crippen LogP contribution is 2.32. The van der Waals surface area contributed by atoms with E-state index in [2.05, 4.69) is 15.2 Å². The molecule has 4 rings (SSSR count). The van der Waals surface area contributed by atoms with Crippen LogP contribution in [0, 0.1) is 0 Å². The van der Waals surface area contributed by atoms with Gasteiger partial charge in [0.15, 0.2) is 0 Å². The van der Waals surface area contributed by atoms with Gasteiger partial charge in [-0.2, -0.15) is 10.2 Å². The average molecular weight is 391 g/mol. The maximum absolute atomic E-state index is 10.2. The van der Waals surface area contributed by atoms with Gasteiger partial charge in [0.05, 0.1) is 23.8 Å². The summed E-state index contributed by atoms with van der Waals surface area (Å²) < 4.78 is 3.42. The highest BCUT2D eigenvalue weighted by Gasteiger charge is 2.12. The third kappa shape index (κ3) is 3.45. The molecule has 8 heteroatoms. The van der Waals surface area contributed by atoms with Gasteiger partial charge in [-0.1, -0.05) is 18.2 Å². The fourth-order valence-corrected chi connectivity index (χ4v) is 3.53. The molecular formula is C20H17N5O2S. The van der Waals surface area contributed by atoms with Gasteiger partial charge in [0.1, 0.15) is 11.5 Å². The molecule has 140 valence electrons. The van der Waals surface area contributed by atoms with E-state index in [1.807, 2.05) is 41.9 Å². The Bertz CT molecular complexity index is 1200. The molecule has 0 amide bonds. The predicted molar refractivity (Wildman–Crippen MR) is 109 cm³/mol. The lowest BCUT2D eigenvalue weighted by Crippen LogP contribution is -2.11. The molecular weight excluding hydrogens is 374 g/mol. The maximum Gasteiger partial charge on any atom is 0.205 e. The fourth-order valence-electron chi connectivity index (χ4n) is 2.73. The Hall–Kier alpha value is -3.65. The van der Waals surface area contributed by atoms with Crippen LogP contribution in [-0.4, -0.2) is 37.9 Å². The minimum absolute atomic E-state index is 0.000240. The Morgan fingerprint density at radius 1 is 1.11 bits per heavy atom. The molecule has 0 atom stereocenters. The Balaban J connectivity index is 1.70. The van der Waals surface area contributed by atoms with Crippen molar-refractivity contribution in [2.45, 2.75) is 0 Å². The quantitative estimate of drug-likeness (QED) is 0.524. The summed E-state index contributed by atoms with van der Waals surface area (Å²) in [5.74, 6) is -0.0263. The van der Waals surface area contributed by atoms with Crippen molar-refractivity contribution in [1.29, 1.82) is 0 Å². The van der Waals surface area contributed by atoms with Crippen molar-refractivity contribution in [2.24, 2.45) is 10.1 Å². The molecule has 0 saturated heterocycles. The Labute approximate surface area is 164 Å². The monoisotopic (exact) mass is 391 g/mol. The molecule has 0 bridgehead atoms. The molecule has 4 aromatic rings. The number of benzene rings is 2. The van der Waals surface area contributed by atoms with Crippen LogP contribution in [-0.2, 0) is 0 Å². The summed E-state index contributed by atoms with van der Waals surface area (Å²) in [6, 6.07) is 14.3. The smallest absolute Gasteiger partial charge is 0.205 e. The first-order valence-corrected chi connectivity index (χ1v) is 9.34. The zero-order valence-electron chi connectivity index (χ0n) is 15.0. The number of aromatic nitrogens is 3. The molecule has 7 nitrogen and oxygen atoms in total. The largest absolute Gasteiger partial charge is 0.508 e. The van der Waals surface area contributed by atoms with Gasteiger partial charge in [0.25, 0.3) is 0 Å². The lowest BCUT2D eigenvalue weighted by atomic mass is 10.1. The van der Waals surface area contributed by atoms with Crippen LogP contribution in [0.15, 0.2) is 76.4 Å². The first-order valence-electron chi connectivity index (χ1n) is 8.46. The van der Waals surface area contributed by atoms with Gasteiger partial charge < -0.3 is 10.2 Å². The summed E-state index contributed by atoms with van der Waals surface area (Å²) in [4.78, 5) is 4.92. The molecule has 2 N–H and O–H groups in total. The number of aromatic hydroxyl groups is 2. The van der Waals surface area contributed by atoms with Crippen molar-refractivity contribution in [1.82, 2.24) is 14.5 Å². The second kappa shape index (κ2) is 7.53. The topological polar surface area (TPSA) is 87.9 Å². The molecule has 0 fully saturated rings. The number of hydrogen-bond donors (Lipinski definition) is 2. The van der Waals surface area contributed by atoms with Gasteiger partial charge in [0, 0.05) is 35.8 Å². The van der Waals surface area contributed by atoms with E-state index in [9.17, 15) is 10.2 Å². The summed E-state index contributed by atoms with van der Waals surface area (Å²) in [5, 5.41) is 30.5. The molecule has 0 spiro atoms. The molecule has 0 aliphatic heterocycles. The predicted octanol–water partition coefficient (Wildman–Crippen LogP) is 3.23. The summed E-state index contributed by atoms with van der Waals surface area (Å²) in [7, 11) is 1.69. The lowest BCUT2D eigenvalue weighted by Gasteiger charge is -2.06. The van der Waals surface area contributed by atoms with E-state index in [0.717, 1.165) is 11.3 Å². The lowest BCUT2D eigenvalue weighted by molar-refractivity contribution is 0.451. The summed E-state index contributed by atoms with van der Waals surface area (Å²) in [5.41, 5.74) is 3.02. The highest BCUT2D eigenvalue weighted by molar-refractivity contribution is 7.07. The van der Waals surface area contributed by atoms with Gasteiger partial charge in [-0.3, -0.25) is 4.99 Å². The van der Waals surface area contributed by atoms with E-state index >= 15 is 0 Å². The number of phenols is 2. The van der Waals surface area contributed by atoms with Gasteiger partial charge in [0.2, 0.25) is 4.80 Å². The van der Waals surface area contributed by atoms with Crippen LogP contribution in [0.2, 0.25) is 0 Å². The minimum Gasteiger partial charge on any atom is -0.508 e. The van der Waals surface area contributed by atoms with Crippen molar-refractivity contribution in [3.63, 3.8) is 0 Å². The molecule has 2 aromatic carbocycles. The van der Waals surface area contributed by atoms with Crippen LogP contribution >= 0.6 is 11.3 Å². The number of hydrogen-bond acceptors (Lipinski definition) is 6. The number of phenolic OH excluding ortho intramolecular Hbond substituents is 2. The van der Waals surface area contributed by atoms with Gasteiger partial charge >= 0.3 is 0 Å². The van der Waals surface area contributed by atoms with Gasteiger partial charge in [-0.05, 0) is 24.3 Å². The number of para-hydroxylation sites is 1. The highest BCUT2D eigenvalue weighted by atomic mass is 32.1. The second-order valence-electron chi connectivity index (χ2n) is 5.94. The van der Waals surface area contributed by atoms with Crippen molar-refractivity contribution in [3.05, 3.63) is 76.7 Å². The minimum atomic E-state index is -0.0266. The summed E-state index contributed by atoms with van der Waals surface area (Å²) in [6.07, 6.45) is 5.30. The van der Waals surface area contributed by atoms with Crippen molar-refractivity contribution in [3.8, 4) is 28.4 Å². The van der Waals surface area contributed by atoms with Crippen molar-refractivity contribution < 1.29 is 10.2 Å². The Morgan fingerprint density at radius 2 is 1.93 bits per heavy atom. The van der Waals surface area contributed by atoms with E-state index in [1.165, 1.54) is 23.5 Å². The third-order valence-electron chi connectivity index (χ3n) is 4.08. The van der Waals surface area contributed by atoms with Crippen molar-refractivity contribution in [2.75, 3.05) is 7.05 Å². The van der Waals surface area contributed by atoms with Gasteiger partial charge in [-0.15, -0.1) is 11.3 Å². The molecule has 0 unspecified atom stereocenters. The Kier molecular flexibility index (Phi) is 4.77. The second-order valence-corrected chi connectivity index (χ2v) is 6.78. The van der Waals surface area contributed by atoms with E-state index < -0.39 is 0 Å². The SMILES string of the molecule is CN=c1scc(-c2ccc(O)cc2O)n1/N=C\c1cnn(-c2ccccc2)c1. The maximum atomic E-state index is 10.2. The van der Waals surface area contributed by atoms with Crippen LogP contribution < -0.4 is 4.80 Å². The summed E-state index contributed by atoms with van der Waals surface area (Å²) >= 11 is 1.41. The zero-order chi connectivity index (χ0) is 19.5. The number of thiazole rings is 1.